The predicted octanol–water partition coefficient (Wildman–Crippen LogP) is 2.17. The lowest BCUT2D eigenvalue weighted by molar-refractivity contribution is 0.156. The Bertz CT molecular complexity index is 358. The fourth-order valence-corrected chi connectivity index (χ4v) is 2.83. The van der Waals surface area contributed by atoms with Crippen molar-refractivity contribution in [2.45, 2.75) is 58.2 Å². The third-order valence-electron chi connectivity index (χ3n) is 4.00. The van der Waals surface area contributed by atoms with Gasteiger partial charge in [0.25, 0.3) is 0 Å². The van der Waals surface area contributed by atoms with Crippen LogP contribution in [-0.4, -0.2) is 33.6 Å². The highest BCUT2D eigenvalue weighted by atomic mass is 15.2. The smallest absolute Gasteiger partial charge is 0.0948 e. The summed E-state index contributed by atoms with van der Waals surface area (Å²) in [4.78, 5) is 6.81. The Morgan fingerprint density at radius 3 is 3.00 bits per heavy atom. The minimum Gasteiger partial charge on any atom is -0.333 e. The van der Waals surface area contributed by atoms with E-state index in [-0.39, 0.29) is 6.04 Å². The summed E-state index contributed by atoms with van der Waals surface area (Å²) >= 11 is 0. The molecule has 0 bridgehead atoms. The van der Waals surface area contributed by atoms with Gasteiger partial charge in [-0.1, -0.05) is 6.42 Å². The van der Waals surface area contributed by atoms with Gasteiger partial charge >= 0.3 is 0 Å². The molecule has 0 radical (unpaired) electrons. The molecule has 1 aliphatic heterocycles. The first-order valence-electron chi connectivity index (χ1n) is 7.18. The van der Waals surface area contributed by atoms with Gasteiger partial charge in [-0.2, -0.15) is 0 Å². The topological polar surface area (TPSA) is 47.1 Å². The first-order valence-corrected chi connectivity index (χ1v) is 7.18. The van der Waals surface area contributed by atoms with Crippen molar-refractivity contribution in [2.24, 2.45) is 5.73 Å². The second-order valence-electron chi connectivity index (χ2n) is 5.53. The third-order valence-corrected chi connectivity index (χ3v) is 4.00. The molecule has 2 rings (SSSR count). The molecule has 1 aromatic rings. The van der Waals surface area contributed by atoms with Crippen molar-refractivity contribution >= 4 is 0 Å². The van der Waals surface area contributed by atoms with Crippen LogP contribution in [0.5, 0.6) is 0 Å². The van der Waals surface area contributed by atoms with Gasteiger partial charge in [-0.05, 0) is 39.7 Å². The molecule has 0 amide bonds. The molecule has 1 fully saturated rings. The summed E-state index contributed by atoms with van der Waals surface area (Å²) < 4.78 is 2.19. The van der Waals surface area contributed by atoms with Gasteiger partial charge < -0.3 is 15.2 Å². The summed E-state index contributed by atoms with van der Waals surface area (Å²) in [7, 11) is 0. The Kier molecular flexibility index (Phi) is 4.78. The van der Waals surface area contributed by atoms with Crippen molar-refractivity contribution in [3.05, 3.63) is 18.2 Å². The third kappa shape index (κ3) is 3.33. The van der Waals surface area contributed by atoms with E-state index in [1.54, 1.807) is 0 Å². The highest BCUT2D eigenvalue weighted by Gasteiger charge is 2.17. The molecule has 0 spiro atoms. The number of rotatable bonds is 5. The van der Waals surface area contributed by atoms with Crippen LogP contribution >= 0.6 is 0 Å². The molecular formula is C14H26N4. The summed E-state index contributed by atoms with van der Waals surface area (Å²) in [5, 5.41) is 0. The lowest BCUT2D eigenvalue weighted by atomic mass is 10.0. The number of hydrogen-bond donors (Lipinski definition) is 1. The number of imidazole rings is 1. The van der Waals surface area contributed by atoms with Crippen LogP contribution in [0.2, 0.25) is 0 Å². The van der Waals surface area contributed by atoms with E-state index < -0.39 is 0 Å². The van der Waals surface area contributed by atoms with Crippen molar-refractivity contribution in [1.82, 2.24) is 14.5 Å². The van der Waals surface area contributed by atoms with Crippen molar-refractivity contribution in [1.29, 1.82) is 0 Å². The summed E-state index contributed by atoms with van der Waals surface area (Å²) in [5.41, 5.74) is 7.06. The normalized spacial score (nSPS) is 23.2. The minimum absolute atomic E-state index is 0.0708. The number of aromatic nitrogens is 2. The van der Waals surface area contributed by atoms with Crippen molar-refractivity contribution in [3.63, 3.8) is 0 Å². The average Bonchev–Trinajstić information content (AvgIpc) is 2.80. The second-order valence-corrected chi connectivity index (χ2v) is 5.53. The lowest BCUT2D eigenvalue weighted by Crippen LogP contribution is -2.38. The Labute approximate surface area is 110 Å². The monoisotopic (exact) mass is 250 g/mol. The maximum absolute atomic E-state index is 5.92. The maximum atomic E-state index is 5.92. The van der Waals surface area contributed by atoms with Gasteiger partial charge in [-0.15, -0.1) is 0 Å². The number of piperidine rings is 1. The van der Waals surface area contributed by atoms with E-state index in [0.29, 0.717) is 0 Å². The van der Waals surface area contributed by atoms with Crippen molar-refractivity contribution in [2.75, 3.05) is 13.1 Å². The zero-order valence-corrected chi connectivity index (χ0v) is 11.7. The largest absolute Gasteiger partial charge is 0.333 e. The minimum atomic E-state index is 0.0708. The molecule has 4 nitrogen and oxygen atoms in total. The van der Waals surface area contributed by atoms with Crippen LogP contribution in [0.3, 0.4) is 0 Å². The Balaban J connectivity index is 1.79. The van der Waals surface area contributed by atoms with Gasteiger partial charge in [0.15, 0.2) is 0 Å². The van der Waals surface area contributed by atoms with E-state index >= 15 is 0 Å². The van der Waals surface area contributed by atoms with Crippen LogP contribution < -0.4 is 5.73 Å². The first-order chi connectivity index (χ1) is 8.68. The molecule has 1 aromatic heterocycles. The molecule has 18 heavy (non-hydrogen) atoms. The van der Waals surface area contributed by atoms with Gasteiger partial charge in [0, 0.05) is 31.4 Å². The fourth-order valence-electron chi connectivity index (χ4n) is 2.83. The van der Waals surface area contributed by atoms with Crippen LogP contribution in [0.15, 0.2) is 12.5 Å². The average molecular weight is 250 g/mol. The fraction of sp³-hybridized carbons (Fsp3) is 0.786. The van der Waals surface area contributed by atoms with E-state index in [1.165, 1.54) is 38.8 Å². The lowest BCUT2D eigenvalue weighted by Gasteiger charge is -2.33. The predicted molar refractivity (Wildman–Crippen MR) is 74.3 cm³/mol. The van der Waals surface area contributed by atoms with Gasteiger partial charge in [0.05, 0.1) is 12.0 Å². The summed E-state index contributed by atoms with van der Waals surface area (Å²) in [6.07, 6.45) is 9.08. The van der Waals surface area contributed by atoms with Crippen LogP contribution in [0.4, 0.5) is 0 Å². The molecule has 4 heteroatoms. The van der Waals surface area contributed by atoms with E-state index in [0.717, 1.165) is 18.3 Å². The summed E-state index contributed by atoms with van der Waals surface area (Å²) in [6.45, 7) is 7.85. The quantitative estimate of drug-likeness (QED) is 0.871. The van der Waals surface area contributed by atoms with Crippen molar-refractivity contribution in [3.8, 4) is 0 Å². The number of hydrogen-bond acceptors (Lipinski definition) is 3. The van der Waals surface area contributed by atoms with E-state index in [1.807, 2.05) is 19.4 Å². The molecule has 2 heterocycles. The zero-order valence-electron chi connectivity index (χ0n) is 11.7. The van der Waals surface area contributed by atoms with Crippen LogP contribution in [0.1, 0.15) is 51.3 Å². The highest BCUT2D eigenvalue weighted by Crippen LogP contribution is 2.17. The van der Waals surface area contributed by atoms with Crippen LogP contribution in [-0.2, 0) is 6.54 Å². The molecular weight excluding hydrogens is 224 g/mol. The molecule has 102 valence electrons. The van der Waals surface area contributed by atoms with E-state index in [9.17, 15) is 0 Å². The molecule has 0 aliphatic carbocycles. The number of aryl methyl sites for hydroxylation is 1. The number of nitrogens with zero attached hydrogens (tertiary/aromatic N) is 3. The molecule has 2 atom stereocenters. The van der Waals surface area contributed by atoms with Gasteiger partial charge in [-0.25, -0.2) is 4.98 Å². The SMILES string of the molecule is CC1CCCCN1CCCn1cncc1[C@@H](C)N. The van der Waals surface area contributed by atoms with Crippen molar-refractivity contribution < 1.29 is 0 Å². The van der Waals surface area contributed by atoms with Gasteiger partial charge in [-0.3, -0.25) is 0 Å². The first kappa shape index (κ1) is 13.6. The zero-order chi connectivity index (χ0) is 13.0. The molecule has 2 N–H and O–H groups in total. The van der Waals surface area contributed by atoms with Crippen LogP contribution in [0, 0.1) is 0 Å². The Hall–Kier alpha value is -0.870. The molecule has 1 saturated heterocycles. The molecule has 0 aromatic carbocycles. The molecule has 1 aliphatic rings. The summed E-state index contributed by atoms with van der Waals surface area (Å²) in [6, 6.07) is 0.829. The summed E-state index contributed by atoms with van der Waals surface area (Å²) in [5.74, 6) is 0. The van der Waals surface area contributed by atoms with Crippen LogP contribution in [0.25, 0.3) is 0 Å². The second kappa shape index (κ2) is 6.34. The highest BCUT2D eigenvalue weighted by molar-refractivity contribution is 5.02. The standard InChI is InChI=1S/C14H26N4/c1-12-6-3-4-7-17(12)8-5-9-18-11-16-10-14(18)13(2)15/h10-13H,3-9,15H2,1-2H3/t12?,13-/m1/s1. The number of nitrogens with two attached hydrogens (primary N) is 1. The van der Waals surface area contributed by atoms with E-state index in [2.05, 4.69) is 21.4 Å². The maximum Gasteiger partial charge on any atom is 0.0948 e. The van der Waals surface area contributed by atoms with Gasteiger partial charge in [0.1, 0.15) is 0 Å². The Morgan fingerprint density at radius 1 is 1.44 bits per heavy atom. The Morgan fingerprint density at radius 2 is 2.28 bits per heavy atom. The molecule has 1 unspecified atom stereocenters. The number of likely N-dealkylation sites (tertiary alicyclic amines) is 1. The van der Waals surface area contributed by atoms with E-state index in [4.69, 9.17) is 5.73 Å². The van der Waals surface area contributed by atoms with Gasteiger partial charge in [0.2, 0.25) is 0 Å². The molecule has 0 saturated carbocycles.